The minimum Gasteiger partial charge on any atom is -0.330 e. The van der Waals surface area contributed by atoms with E-state index >= 15 is 0 Å². The van der Waals surface area contributed by atoms with Gasteiger partial charge in [0.05, 0.1) is 22.3 Å². The van der Waals surface area contributed by atoms with Gasteiger partial charge in [-0.3, -0.25) is 4.79 Å². The Hall–Kier alpha value is -1.57. The fourth-order valence-electron chi connectivity index (χ4n) is 2.59. The summed E-state index contributed by atoms with van der Waals surface area (Å²) in [4.78, 5) is 12.2. The van der Waals surface area contributed by atoms with Gasteiger partial charge in [-0.25, -0.2) is 0 Å². The molecule has 1 aliphatic carbocycles. The van der Waals surface area contributed by atoms with Crippen molar-refractivity contribution in [3.63, 3.8) is 0 Å². The van der Waals surface area contributed by atoms with E-state index in [0.29, 0.717) is 28.7 Å². The van der Waals surface area contributed by atoms with Crippen LogP contribution < -0.4 is 11.1 Å². The average Bonchev–Trinajstić information content (AvgIpc) is 2.49. The minimum absolute atomic E-state index is 0.0135. The summed E-state index contributed by atoms with van der Waals surface area (Å²) in [6.45, 7) is 0.699. The lowest BCUT2D eigenvalue weighted by molar-refractivity contribution is -0.121. The molecule has 0 heterocycles. The maximum absolute atomic E-state index is 12.2. The predicted molar refractivity (Wildman–Crippen MR) is 79.3 cm³/mol. The lowest BCUT2D eigenvalue weighted by atomic mass is 9.81. The van der Waals surface area contributed by atoms with E-state index in [0.717, 1.165) is 25.7 Å². The molecule has 4 nitrogen and oxygen atoms in total. The second-order valence-corrected chi connectivity index (χ2v) is 5.66. The maximum atomic E-state index is 12.2. The van der Waals surface area contributed by atoms with E-state index in [1.807, 2.05) is 6.07 Å². The predicted octanol–water partition coefficient (Wildman–Crippen LogP) is 2.92. The van der Waals surface area contributed by atoms with Gasteiger partial charge < -0.3 is 11.1 Å². The fourth-order valence-corrected chi connectivity index (χ4v) is 2.75. The quantitative estimate of drug-likeness (QED) is 0.898. The van der Waals surface area contributed by atoms with E-state index in [9.17, 15) is 4.79 Å². The van der Waals surface area contributed by atoms with Crippen LogP contribution in [0.1, 0.15) is 31.2 Å². The Bertz CT molecular complexity index is 530. The third-order valence-corrected chi connectivity index (χ3v) is 4.23. The second kappa shape index (κ2) is 6.74. The highest BCUT2D eigenvalue weighted by Crippen LogP contribution is 2.30. The molecule has 0 bridgehead atoms. The van der Waals surface area contributed by atoms with Gasteiger partial charge in [-0.15, -0.1) is 0 Å². The molecule has 0 aromatic heterocycles. The van der Waals surface area contributed by atoms with E-state index in [4.69, 9.17) is 22.6 Å². The van der Waals surface area contributed by atoms with Crippen molar-refractivity contribution in [2.24, 2.45) is 17.6 Å². The number of rotatable bonds is 3. The lowest BCUT2D eigenvalue weighted by Crippen LogP contribution is -2.29. The fraction of sp³-hybridized carbons (Fsp3) is 0.467. The Balaban J connectivity index is 2.00. The molecule has 20 heavy (non-hydrogen) atoms. The summed E-state index contributed by atoms with van der Waals surface area (Å²) in [6, 6.07) is 6.90. The Kier molecular flexibility index (Phi) is 4.99. The summed E-state index contributed by atoms with van der Waals surface area (Å²) < 4.78 is 0. The SMILES string of the molecule is N#Cc1ccc(Cl)c(NC(=O)C2CCC(CN)CC2)c1. The van der Waals surface area contributed by atoms with Gasteiger partial charge in [0.1, 0.15) is 0 Å². The first-order chi connectivity index (χ1) is 9.63. The van der Waals surface area contributed by atoms with Crippen LogP contribution in [0.4, 0.5) is 5.69 Å². The van der Waals surface area contributed by atoms with Crippen LogP contribution in [0.5, 0.6) is 0 Å². The molecular formula is C15H18ClN3O. The number of hydrogen-bond donors (Lipinski definition) is 2. The number of nitriles is 1. The van der Waals surface area contributed by atoms with Crippen molar-refractivity contribution >= 4 is 23.2 Å². The van der Waals surface area contributed by atoms with E-state index in [1.54, 1.807) is 18.2 Å². The van der Waals surface area contributed by atoms with Crippen LogP contribution in [0, 0.1) is 23.2 Å². The zero-order valence-electron chi connectivity index (χ0n) is 11.2. The van der Waals surface area contributed by atoms with Crippen molar-refractivity contribution in [1.29, 1.82) is 5.26 Å². The van der Waals surface area contributed by atoms with Crippen LogP contribution in [-0.4, -0.2) is 12.5 Å². The highest BCUT2D eigenvalue weighted by molar-refractivity contribution is 6.33. The Morgan fingerprint density at radius 2 is 2.10 bits per heavy atom. The van der Waals surface area contributed by atoms with Gasteiger partial charge in [-0.1, -0.05) is 11.6 Å². The second-order valence-electron chi connectivity index (χ2n) is 5.25. The number of benzene rings is 1. The number of halogens is 1. The van der Waals surface area contributed by atoms with Crippen LogP contribution in [0.25, 0.3) is 0 Å². The Morgan fingerprint density at radius 3 is 2.70 bits per heavy atom. The first-order valence-electron chi connectivity index (χ1n) is 6.84. The molecule has 1 saturated carbocycles. The summed E-state index contributed by atoms with van der Waals surface area (Å²) in [6.07, 6.45) is 3.73. The van der Waals surface area contributed by atoms with Crippen LogP contribution in [0.15, 0.2) is 18.2 Å². The molecule has 0 radical (unpaired) electrons. The molecule has 0 atom stereocenters. The zero-order chi connectivity index (χ0) is 14.5. The summed E-state index contributed by atoms with van der Waals surface area (Å²) >= 11 is 6.04. The van der Waals surface area contributed by atoms with Crippen LogP contribution in [0.3, 0.4) is 0 Å². The monoisotopic (exact) mass is 291 g/mol. The smallest absolute Gasteiger partial charge is 0.227 e. The molecule has 3 N–H and O–H groups in total. The van der Waals surface area contributed by atoms with Crippen molar-refractivity contribution < 1.29 is 4.79 Å². The molecule has 0 aliphatic heterocycles. The van der Waals surface area contributed by atoms with Crippen molar-refractivity contribution in [3.8, 4) is 6.07 Å². The summed E-state index contributed by atoms with van der Waals surface area (Å²) in [7, 11) is 0. The zero-order valence-corrected chi connectivity index (χ0v) is 12.0. The van der Waals surface area contributed by atoms with E-state index in [-0.39, 0.29) is 11.8 Å². The number of carbonyl (C=O) groups is 1. The molecule has 0 spiro atoms. The van der Waals surface area contributed by atoms with Gasteiger partial charge in [0.25, 0.3) is 0 Å². The minimum atomic E-state index is -0.0162. The number of amides is 1. The normalized spacial score (nSPS) is 22.1. The summed E-state index contributed by atoms with van der Waals surface area (Å²) in [5.41, 5.74) is 6.65. The molecule has 0 saturated heterocycles. The van der Waals surface area contributed by atoms with Gasteiger partial charge in [0.2, 0.25) is 5.91 Å². The van der Waals surface area contributed by atoms with Gasteiger partial charge in [0.15, 0.2) is 0 Å². The molecule has 1 aromatic rings. The van der Waals surface area contributed by atoms with Gasteiger partial charge in [-0.05, 0) is 56.3 Å². The largest absolute Gasteiger partial charge is 0.330 e. The molecule has 1 aliphatic rings. The average molecular weight is 292 g/mol. The van der Waals surface area contributed by atoms with Gasteiger partial charge in [0, 0.05) is 5.92 Å². The van der Waals surface area contributed by atoms with Crippen molar-refractivity contribution in [2.45, 2.75) is 25.7 Å². The molecular weight excluding hydrogens is 274 g/mol. The van der Waals surface area contributed by atoms with Crippen LogP contribution >= 0.6 is 11.6 Å². The number of nitrogens with one attached hydrogen (secondary N) is 1. The molecule has 1 aromatic carbocycles. The number of anilines is 1. The third kappa shape index (κ3) is 3.50. The summed E-state index contributed by atoms with van der Waals surface area (Å²) in [5.74, 6) is 0.543. The molecule has 106 valence electrons. The summed E-state index contributed by atoms with van der Waals surface area (Å²) in [5, 5.41) is 12.2. The van der Waals surface area contributed by atoms with Crippen molar-refractivity contribution in [3.05, 3.63) is 28.8 Å². The topological polar surface area (TPSA) is 78.9 Å². The number of nitrogens with zero attached hydrogens (tertiary/aromatic N) is 1. The first-order valence-corrected chi connectivity index (χ1v) is 7.22. The van der Waals surface area contributed by atoms with Gasteiger partial charge in [-0.2, -0.15) is 5.26 Å². The van der Waals surface area contributed by atoms with Crippen LogP contribution in [0.2, 0.25) is 5.02 Å². The van der Waals surface area contributed by atoms with Crippen LogP contribution in [-0.2, 0) is 4.79 Å². The van der Waals surface area contributed by atoms with E-state index < -0.39 is 0 Å². The number of hydrogen-bond acceptors (Lipinski definition) is 3. The Labute approximate surface area is 123 Å². The number of nitrogens with two attached hydrogens (primary N) is 1. The molecule has 1 fully saturated rings. The first kappa shape index (κ1) is 14.8. The number of carbonyl (C=O) groups excluding carboxylic acids is 1. The van der Waals surface area contributed by atoms with E-state index in [2.05, 4.69) is 5.32 Å². The third-order valence-electron chi connectivity index (χ3n) is 3.90. The van der Waals surface area contributed by atoms with Crippen molar-refractivity contribution in [2.75, 3.05) is 11.9 Å². The lowest BCUT2D eigenvalue weighted by Gasteiger charge is -2.26. The highest BCUT2D eigenvalue weighted by Gasteiger charge is 2.26. The standard InChI is InChI=1S/C15H18ClN3O/c16-13-6-3-11(9-18)7-14(13)19-15(20)12-4-1-10(8-17)2-5-12/h3,6-7,10,12H,1-2,4-5,8,17H2,(H,19,20). The van der Waals surface area contributed by atoms with E-state index in [1.165, 1.54) is 0 Å². The molecule has 2 rings (SSSR count). The Morgan fingerprint density at radius 1 is 1.40 bits per heavy atom. The highest BCUT2D eigenvalue weighted by atomic mass is 35.5. The molecule has 5 heteroatoms. The van der Waals surface area contributed by atoms with Gasteiger partial charge >= 0.3 is 0 Å². The van der Waals surface area contributed by atoms with Crippen molar-refractivity contribution in [1.82, 2.24) is 0 Å². The molecule has 0 unspecified atom stereocenters. The maximum Gasteiger partial charge on any atom is 0.227 e. The molecule has 1 amide bonds.